The van der Waals surface area contributed by atoms with E-state index in [4.69, 9.17) is 14.0 Å². The molecule has 0 saturated heterocycles. The molecule has 0 bridgehead atoms. The molecule has 7 heteroatoms. The minimum atomic E-state index is -0.745. The Hall–Kier alpha value is -3.61. The summed E-state index contributed by atoms with van der Waals surface area (Å²) in [6.07, 6.45) is 2.87. The molecule has 3 aromatic rings. The molecule has 0 spiro atoms. The maximum Gasteiger partial charge on any atom is 0.439 e. The second-order valence-electron chi connectivity index (χ2n) is 5.31. The summed E-state index contributed by atoms with van der Waals surface area (Å²) in [5.41, 5.74) is 0.412. The predicted molar refractivity (Wildman–Crippen MR) is 93.8 cm³/mol. The summed E-state index contributed by atoms with van der Waals surface area (Å²) in [5.74, 6) is 0.686. The number of benzene rings is 2. The van der Waals surface area contributed by atoms with Crippen molar-refractivity contribution in [3.05, 3.63) is 76.3 Å². The van der Waals surface area contributed by atoms with Gasteiger partial charge in [0.15, 0.2) is 0 Å². The van der Waals surface area contributed by atoms with Gasteiger partial charge in [-0.05, 0) is 34.2 Å². The summed E-state index contributed by atoms with van der Waals surface area (Å²) in [4.78, 5) is 24.5. The van der Waals surface area contributed by atoms with Gasteiger partial charge >= 0.3 is 11.3 Å². The zero-order valence-corrected chi connectivity index (χ0v) is 14.3. The molecule has 0 atom stereocenters. The Morgan fingerprint density at radius 2 is 1.88 bits per heavy atom. The molecular weight excluding hydrogens is 336 g/mol. The highest BCUT2D eigenvalue weighted by atomic mass is 16.5. The number of aromatic nitrogens is 2. The molecule has 1 heterocycles. The van der Waals surface area contributed by atoms with Crippen molar-refractivity contribution >= 4 is 11.9 Å². The lowest BCUT2D eigenvalue weighted by Gasteiger charge is -2.06. The molecule has 0 radical (unpaired) electrons. The Balaban J connectivity index is 1.94. The van der Waals surface area contributed by atoms with Gasteiger partial charge in [0.2, 0.25) is 5.69 Å². The third kappa shape index (κ3) is 3.41. The van der Waals surface area contributed by atoms with E-state index in [1.165, 1.54) is 17.9 Å². The topological polar surface area (TPSA) is 85.4 Å². The Morgan fingerprint density at radius 3 is 2.58 bits per heavy atom. The Labute approximate surface area is 149 Å². The molecule has 0 aliphatic heterocycles. The van der Waals surface area contributed by atoms with Crippen molar-refractivity contribution in [3.63, 3.8) is 0 Å². The van der Waals surface area contributed by atoms with E-state index in [9.17, 15) is 9.59 Å². The fourth-order valence-corrected chi connectivity index (χ4v) is 2.44. The maximum absolute atomic E-state index is 12.6. The first-order chi connectivity index (χ1) is 12.6. The van der Waals surface area contributed by atoms with Crippen LogP contribution in [0, 0.1) is 0 Å². The van der Waals surface area contributed by atoms with E-state index in [0.29, 0.717) is 22.7 Å². The number of carbonyl (C=O) groups is 1. The number of hydrogen-bond acceptors (Lipinski definition) is 5. The molecule has 132 valence electrons. The van der Waals surface area contributed by atoms with Gasteiger partial charge in [0.1, 0.15) is 11.5 Å². The van der Waals surface area contributed by atoms with Crippen LogP contribution in [0.2, 0.25) is 0 Å². The van der Waals surface area contributed by atoms with Gasteiger partial charge in [-0.15, -0.1) is 0 Å². The minimum absolute atomic E-state index is 0.125. The largest absolute Gasteiger partial charge is 0.497 e. The van der Waals surface area contributed by atoms with Crippen LogP contribution in [0.4, 0.5) is 0 Å². The summed E-state index contributed by atoms with van der Waals surface area (Å²) >= 11 is 0. The summed E-state index contributed by atoms with van der Waals surface area (Å²) in [7, 11) is 3.08. The number of hydrogen-bond donors (Lipinski definition) is 1. The van der Waals surface area contributed by atoms with Gasteiger partial charge in [-0.3, -0.25) is 9.32 Å². The van der Waals surface area contributed by atoms with Gasteiger partial charge in [0.05, 0.1) is 14.2 Å². The molecule has 1 aromatic heterocycles. The number of rotatable bonds is 6. The first-order valence-electron chi connectivity index (χ1n) is 7.77. The first kappa shape index (κ1) is 17.2. The average molecular weight is 353 g/mol. The van der Waals surface area contributed by atoms with Crippen LogP contribution < -0.4 is 19.8 Å². The monoisotopic (exact) mass is 353 g/mol. The summed E-state index contributed by atoms with van der Waals surface area (Å²) in [6, 6.07) is 14.1. The summed E-state index contributed by atoms with van der Waals surface area (Å²) in [5, 5.41) is 2.44. The molecule has 2 aromatic carbocycles. The van der Waals surface area contributed by atoms with Gasteiger partial charge in [-0.25, -0.2) is 4.79 Å². The molecule has 3 rings (SSSR count). The van der Waals surface area contributed by atoms with E-state index in [-0.39, 0.29) is 5.69 Å². The van der Waals surface area contributed by atoms with E-state index >= 15 is 0 Å². The molecule has 26 heavy (non-hydrogen) atoms. The van der Waals surface area contributed by atoms with Crippen molar-refractivity contribution in [1.29, 1.82) is 0 Å². The van der Waals surface area contributed by atoms with Crippen LogP contribution in [0.15, 0.2) is 63.9 Å². The van der Waals surface area contributed by atoms with Crippen LogP contribution >= 0.6 is 0 Å². The van der Waals surface area contributed by atoms with Crippen molar-refractivity contribution < 1.29 is 23.5 Å². The highest BCUT2D eigenvalue weighted by Gasteiger charge is 2.28. The van der Waals surface area contributed by atoms with E-state index in [1.54, 1.807) is 55.7 Å². The summed E-state index contributed by atoms with van der Waals surface area (Å²) in [6.45, 7) is 0. The zero-order valence-electron chi connectivity index (χ0n) is 14.3. The number of nitrogens with one attached hydrogen (secondary N) is 1. The van der Waals surface area contributed by atoms with Crippen molar-refractivity contribution in [1.82, 2.24) is 5.27 Å². The maximum atomic E-state index is 12.6. The van der Waals surface area contributed by atoms with Crippen molar-refractivity contribution in [2.24, 2.45) is 0 Å². The Kier molecular flexibility index (Phi) is 4.98. The van der Waals surface area contributed by atoms with Crippen LogP contribution in [0.25, 0.3) is 11.8 Å². The molecule has 1 N–H and O–H groups in total. The smallest absolute Gasteiger partial charge is 0.439 e. The lowest BCUT2D eigenvalue weighted by Crippen LogP contribution is -2.40. The van der Waals surface area contributed by atoms with Crippen molar-refractivity contribution in [3.8, 4) is 17.2 Å². The number of H-pyrrole nitrogens is 1. The van der Waals surface area contributed by atoms with Crippen LogP contribution in [0.1, 0.15) is 16.1 Å². The van der Waals surface area contributed by atoms with E-state index in [0.717, 1.165) is 0 Å². The molecule has 0 aliphatic rings. The first-order valence-corrected chi connectivity index (χ1v) is 7.77. The van der Waals surface area contributed by atoms with Crippen LogP contribution in [-0.4, -0.2) is 25.3 Å². The van der Waals surface area contributed by atoms with Crippen molar-refractivity contribution in [2.75, 3.05) is 14.2 Å². The minimum Gasteiger partial charge on any atom is -0.497 e. The molecule has 0 saturated carbocycles. The second kappa shape index (κ2) is 7.52. The van der Waals surface area contributed by atoms with Gasteiger partial charge in [-0.1, -0.05) is 18.2 Å². The zero-order chi connectivity index (χ0) is 18.5. The standard InChI is InChI=1S/C19H16N2O5/c1-24-15-10-8-13(17(12-15)25-2)9-11-16(22)18-19(23)26-20-21(18)14-6-4-3-5-7-14/h3-12H,1-2H3/p+1/b11-9+. The third-order valence-electron chi connectivity index (χ3n) is 3.75. The number of carbonyl (C=O) groups excluding carboxylic acids is 1. The van der Waals surface area contributed by atoms with Gasteiger partial charge < -0.3 is 9.47 Å². The molecular formula is C19H17N2O5+. The van der Waals surface area contributed by atoms with E-state index < -0.39 is 11.4 Å². The fourth-order valence-electron chi connectivity index (χ4n) is 2.44. The van der Waals surface area contributed by atoms with Crippen molar-refractivity contribution in [2.45, 2.75) is 0 Å². The third-order valence-corrected chi connectivity index (χ3v) is 3.75. The number of ketones is 1. The normalized spacial score (nSPS) is 10.8. The SMILES string of the molecule is COc1ccc(/C=C/C(=O)c2c(=O)o[nH][n+]2-c2ccccc2)c(OC)c1. The lowest BCUT2D eigenvalue weighted by atomic mass is 10.1. The number of nitrogens with zero attached hydrogens (tertiary/aromatic N) is 1. The Morgan fingerprint density at radius 1 is 1.12 bits per heavy atom. The highest BCUT2D eigenvalue weighted by molar-refractivity contribution is 6.04. The van der Waals surface area contributed by atoms with E-state index in [2.05, 4.69) is 5.27 Å². The number of para-hydroxylation sites is 1. The molecule has 0 unspecified atom stereocenters. The van der Waals surface area contributed by atoms with E-state index in [1.807, 2.05) is 6.07 Å². The number of ether oxygens (including phenoxy) is 2. The summed E-state index contributed by atoms with van der Waals surface area (Å²) < 4.78 is 16.5. The van der Waals surface area contributed by atoms with Gasteiger partial charge in [0, 0.05) is 23.8 Å². The van der Waals surface area contributed by atoms with Gasteiger partial charge in [-0.2, -0.15) is 0 Å². The van der Waals surface area contributed by atoms with Gasteiger partial charge in [0.25, 0.3) is 5.78 Å². The van der Waals surface area contributed by atoms with Crippen LogP contribution in [-0.2, 0) is 0 Å². The predicted octanol–water partition coefficient (Wildman–Crippen LogP) is 2.16. The molecule has 0 aliphatic carbocycles. The highest BCUT2D eigenvalue weighted by Crippen LogP contribution is 2.25. The molecule has 0 amide bonds. The quantitative estimate of drug-likeness (QED) is 0.417. The number of allylic oxidation sites excluding steroid dienone is 1. The Bertz CT molecular complexity index is 1000. The second-order valence-corrected chi connectivity index (χ2v) is 5.31. The molecule has 7 nitrogen and oxygen atoms in total. The fraction of sp³-hybridized carbons (Fsp3) is 0.105. The average Bonchev–Trinajstić information content (AvgIpc) is 3.08. The number of aromatic amines is 1. The lowest BCUT2D eigenvalue weighted by molar-refractivity contribution is -0.672. The molecule has 0 fully saturated rings. The van der Waals surface area contributed by atoms with Crippen LogP contribution in [0.3, 0.4) is 0 Å². The number of methoxy groups -OCH3 is 2. The van der Waals surface area contributed by atoms with Crippen LogP contribution in [0.5, 0.6) is 11.5 Å².